The molecule has 0 spiro atoms. The average molecular weight is 428 g/mol. The van der Waals surface area contributed by atoms with Crippen LogP contribution in [0.15, 0.2) is 53.0 Å². The molecular formula is C23H26BrNO2. The molecule has 1 heterocycles. The molecule has 3 aromatic rings. The van der Waals surface area contributed by atoms with Crippen molar-refractivity contribution < 1.29 is 9.53 Å². The topological polar surface area (TPSA) is 31.2 Å². The van der Waals surface area contributed by atoms with Crippen LogP contribution in [0.2, 0.25) is 0 Å². The van der Waals surface area contributed by atoms with Gasteiger partial charge in [-0.15, -0.1) is 0 Å². The fourth-order valence-electron chi connectivity index (χ4n) is 3.05. The third kappa shape index (κ3) is 4.27. The molecule has 1 aromatic heterocycles. The van der Waals surface area contributed by atoms with Gasteiger partial charge in [-0.3, -0.25) is 0 Å². The lowest BCUT2D eigenvalue weighted by Crippen LogP contribution is -2.27. The molecule has 0 saturated carbocycles. The molecule has 0 aliphatic heterocycles. The molecule has 3 nitrogen and oxygen atoms in total. The maximum Gasteiger partial charge on any atom is 0.419 e. The molecular weight excluding hydrogens is 402 g/mol. The molecule has 0 bridgehead atoms. The Labute approximate surface area is 169 Å². The molecule has 0 unspecified atom stereocenters. The number of benzene rings is 2. The van der Waals surface area contributed by atoms with Gasteiger partial charge in [0.1, 0.15) is 5.60 Å². The van der Waals surface area contributed by atoms with Crippen LogP contribution in [-0.2, 0) is 10.2 Å². The lowest BCUT2D eigenvalue weighted by atomic mass is 9.86. The number of hydrogen-bond acceptors (Lipinski definition) is 2. The summed E-state index contributed by atoms with van der Waals surface area (Å²) < 4.78 is 8.35. The highest BCUT2D eigenvalue weighted by molar-refractivity contribution is 9.10. The molecule has 0 amide bonds. The van der Waals surface area contributed by atoms with Crippen molar-refractivity contribution in [1.29, 1.82) is 0 Å². The van der Waals surface area contributed by atoms with E-state index in [9.17, 15) is 4.79 Å². The summed E-state index contributed by atoms with van der Waals surface area (Å²) in [7, 11) is 0. The van der Waals surface area contributed by atoms with Crippen LogP contribution in [0.1, 0.15) is 47.1 Å². The number of nitrogens with zero attached hydrogens (tertiary/aromatic N) is 1. The van der Waals surface area contributed by atoms with Gasteiger partial charge in [0.15, 0.2) is 0 Å². The molecule has 4 heteroatoms. The molecule has 27 heavy (non-hydrogen) atoms. The zero-order valence-electron chi connectivity index (χ0n) is 16.8. The van der Waals surface area contributed by atoms with Crippen molar-refractivity contribution in [2.45, 2.75) is 52.6 Å². The number of ether oxygens (including phenoxy) is 1. The molecule has 0 fully saturated rings. The van der Waals surface area contributed by atoms with Crippen molar-refractivity contribution in [2.75, 3.05) is 0 Å². The largest absolute Gasteiger partial charge is 0.443 e. The highest BCUT2D eigenvalue weighted by atomic mass is 79.9. The Kier molecular flexibility index (Phi) is 4.98. The van der Waals surface area contributed by atoms with Gasteiger partial charge in [-0.25, -0.2) is 9.36 Å². The van der Waals surface area contributed by atoms with Crippen LogP contribution in [0.4, 0.5) is 4.79 Å². The van der Waals surface area contributed by atoms with Crippen LogP contribution in [0.5, 0.6) is 0 Å². The van der Waals surface area contributed by atoms with E-state index in [2.05, 4.69) is 48.8 Å². The zero-order chi connectivity index (χ0) is 20.0. The Balaban J connectivity index is 2.23. The van der Waals surface area contributed by atoms with Crippen molar-refractivity contribution in [3.05, 3.63) is 58.6 Å². The van der Waals surface area contributed by atoms with Crippen molar-refractivity contribution in [3.8, 4) is 11.3 Å². The van der Waals surface area contributed by atoms with Gasteiger partial charge >= 0.3 is 6.09 Å². The summed E-state index contributed by atoms with van der Waals surface area (Å²) in [5, 5.41) is 0.992. The number of fused-ring (bicyclic) bond motifs is 1. The quantitative estimate of drug-likeness (QED) is 0.412. The average Bonchev–Trinajstić information content (AvgIpc) is 2.91. The van der Waals surface area contributed by atoms with Crippen molar-refractivity contribution in [1.82, 2.24) is 4.57 Å². The number of carbonyl (C=O) groups is 1. The van der Waals surface area contributed by atoms with Crippen LogP contribution in [0.3, 0.4) is 0 Å². The van der Waals surface area contributed by atoms with Gasteiger partial charge in [-0.1, -0.05) is 54.9 Å². The standard InChI is InChI=1S/C23H26BrNO2/c1-22(2,3)17-9-7-8-15(12-17)20-14-16-13-18(24)10-11-19(16)25(20)21(26)27-23(4,5)6/h7-14H,1-6H3. The molecule has 0 N–H and O–H groups in total. The first-order valence-electron chi connectivity index (χ1n) is 9.11. The van der Waals surface area contributed by atoms with Crippen LogP contribution in [0, 0.1) is 0 Å². The molecule has 2 aromatic carbocycles. The van der Waals surface area contributed by atoms with E-state index in [0.717, 1.165) is 26.6 Å². The molecule has 0 aliphatic rings. The molecule has 3 rings (SSSR count). The first-order valence-corrected chi connectivity index (χ1v) is 9.90. The van der Waals surface area contributed by atoms with Gasteiger partial charge in [0.25, 0.3) is 0 Å². The Morgan fingerprint density at radius 3 is 2.30 bits per heavy atom. The van der Waals surface area contributed by atoms with E-state index in [1.807, 2.05) is 57.2 Å². The Morgan fingerprint density at radius 1 is 0.963 bits per heavy atom. The predicted molar refractivity (Wildman–Crippen MR) is 115 cm³/mol. The molecule has 0 saturated heterocycles. The van der Waals surface area contributed by atoms with Gasteiger partial charge in [0.05, 0.1) is 11.2 Å². The number of rotatable bonds is 1. The van der Waals surface area contributed by atoms with Crippen molar-refractivity contribution in [2.24, 2.45) is 0 Å². The Bertz CT molecular complexity index is 1000. The summed E-state index contributed by atoms with van der Waals surface area (Å²) in [6, 6.07) is 16.3. The second kappa shape index (κ2) is 6.83. The number of halogens is 1. The summed E-state index contributed by atoms with van der Waals surface area (Å²) in [6.45, 7) is 12.2. The predicted octanol–water partition coefficient (Wildman–Crippen LogP) is 7.15. The minimum Gasteiger partial charge on any atom is -0.443 e. The van der Waals surface area contributed by atoms with Gasteiger partial charge in [0, 0.05) is 9.86 Å². The summed E-state index contributed by atoms with van der Waals surface area (Å²) in [4.78, 5) is 13.0. The first-order chi connectivity index (χ1) is 12.5. The fourth-order valence-corrected chi connectivity index (χ4v) is 3.43. The monoisotopic (exact) mass is 427 g/mol. The second-order valence-electron chi connectivity index (χ2n) is 8.88. The van der Waals surface area contributed by atoms with Crippen LogP contribution in [0.25, 0.3) is 22.2 Å². The van der Waals surface area contributed by atoms with Crippen LogP contribution in [-0.4, -0.2) is 16.3 Å². The van der Waals surface area contributed by atoms with Gasteiger partial charge < -0.3 is 4.74 Å². The minimum atomic E-state index is -0.562. The summed E-state index contributed by atoms with van der Waals surface area (Å²) in [6.07, 6.45) is -0.365. The molecule has 142 valence electrons. The van der Waals surface area contributed by atoms with E-state index in [4.69, 9.17) is 4.74 Å². The summed E-state index contributed by atoms with van der Waals surface area (Å²) >= 11 is 3.52. The third-order valence-electron chi connectivity index (χ3n) is 4.36. The zero-order valence-corrected chi connectivity index (χ0v) is 18.3. The number of hydrogen-bond donors (Lipinski definition) is 0. The van der Waals surface area contributed by atoms with E-state index < -0.39 is 5.60 Å². The number of carbonyl (C=O) groups excluding carboxylic acids is 1. The van der Waals surface area contributed by atoms with E-state index in [1.165, 1.54) is 5.56 Å². The van der Waals surface area contributed by atoms with Crippen LogP contribution >= 0.6 is 15.9 Å². The second-order valence-corrected chi connectivity index (χ2v) is 9.79. The molecule has 0 aliphatic carbocycles. The molecule has 0 atom stereocenters. The molecule has 0 radical (unpaired) electrons. The van der Waals surface area contributed by atoms with E-state index in [0.29, 0.717) is 0 Å². The lowest BCUT2D eigenvalue weighted by Gasteiger charge is -2.22. The lowest BCUT2D eigenvalue weighted by molar-refractivity contribution is 0.0547. The smallest absolute Gasteiger partial charge is 0.419 e. The summed E-state index contributed by atoms with van der Waals surface area (Å²) in [5.41, 5.74) is 3.37. The maximum atomic E-state index is 13.0. The SMILES string of the molecule is CC(C)(C)OC(=O)n1c(-c2cccc(C(C)(C)C)c2)cc2cc(Br)ccc21. The number of aromatic nitrogens is 1. The van der Waals surface area contributed by atoms with Crippen molar-refractivity contribution >= 4 is 32.9 Å². The maximum absolute atomic E-state index is 13.0. The summed E-state index contributed by atoms with van der Waals surface area (Å²) in [5.74, 6) is 0. The highest BCUT2D eigenvalue weighted by Crippen LogP contribution is 2.33. The van der Waals surface area contributed by atoms with Gasteiger partial charge in [-0.2, -0.15) is 0 Å². The van der Waals surface area contributed by atoms with Crippen LogP contribution < -0.4 is 0 Å². The fraction of sp³-hybridized carbons (Fsp3) is 0.348. The first kappa shape index (κ1) is 19.7. The third-order valence-corrected chi connectivity index (χ3v) is 4.86. The van der Waals surface area contributed by atoms with Gasteiger partial charge in [0.2, 0.25) is 0 Å². The normalized spacial score (nSPS) is 12.4. The van der Waals surface area contributed by atoms with E-state index in [-0.39, 0.29) is 11.5 Å². The van der Waals surface area contributed by atoms with Crippen molar-refractivity contribution in [3.63, 3.8) is 0 Å². The Morgan fingerprint density at radius 2 is 1.67 bits per heavy atom. The minimum absolute atomic E-state index is 0.0296. The van der Waals surface area contributed by atoms with E-state index in [1.54, 1.807) is 4.57 Å². The highest BCUT2D eigenvalue weighted by Gasteiger charge is 2.23. The van der Waals surface area contributed by atoms with Gasteiger partial charge in [-0.05, 0) is 67.6 Å². The van der Waals surface area contributed by atoms with E-state index >= 15 is 0 Å². The Hall–Kier alpha value is -2.07.